The van der Waals surface area contributed by atoms with Crippen molar-refractivity contribution in [3.05, 3.63) is 58.1 Å². The van der Waals surface area contributed by atoms with Crippen molar-refractivity contribution in [2.45, 2.75) is 0 Å². The zero-order valence-electron chi connectivity index (χ0n) is 13.1. The molecule has 0 saturated carbocycles. The fourth-order valence-corrected chi connectivity index (χ4v) is 2.66. The molecule has 0 radical (unpaired) electrons. The fraction of sp³-hybridized carbons (Fsp3) is 0.118. The van der Waals surface area contributed by atoms with Crippen LogP contribution >= 0.6 is 0 Å². The summed E-state index contributed by atoms with van der Waals surface area (Å²) in [5.74, 6) is -0.170. The van der Waals surface area contributed by atoms with Crippen molar-refractivity contribution >= 4 is 22.5 Å². The van der Waals surface area contributed by atoms with Crippen LogP contribution in [0, 0.1) is 5.82 Å². The lowest BCUT2D eigenvalue weighted by Crippen LogP contribution is -2.26. The number of hydrogen-bond donors (Lipinski definition) is 1. The van der Waals surface area contributed by atoms with Gasteiger partial charge in [-0.3, -0.25) is 14.3 Å². The van der Waals surface area contributed by atoms with Crippen LogP contribution in [-0.2, 0) is 7.05 Å². The van der Waals surface area contributed by atoms with Gasteiger partial charge >= 0.3 is 0 Å². The van der Waals surface area contributed by atoms with Crippen molar-refractivity contribution in [2.24, 2.45) is 7.05 Å². The molecule has 0 fully saturated rings. The number of nitrogens with zero attached hydrogens (tertiary/aromatic N) is 2. The van der Waals surface area contributed by atoms with E-state index in [0.29, 0.717) is 22.7 Å². The summed E-state index contributed by atoms with van der Waals surface area (Å²) in [6, 6.07) is 8.63. The monoisotopic (exact) mass is 341 g/mol. The van der Waals surface area contributed by atoms with Crippen molar-refractivity contribution in [1.82, 2.24) is 9.78 Å². The SMILES string of the molecule is Cn1nc(C(=O)Nc2ccc3c(c2)OCO3)c(=O)c2cc(F)ccc21. The molecule has 3 aromatic rings. The van der Waals surface area contributed by atoms with Gasteiger partial charge in [-0.1, -0.05) is 0 Å². The third-order valence-electron chi connectivity index (χ3n) is 3.86. The second-order valence-corrected chi connectivity index (χ2v) is 5.48. The van der Waals surface area contributed by atoms with Gasteiger partial charge in [-0.2, -0.15) is 5.10 Å². The topological polar surface area (TPSA) is 82.5 Å². The first-order chi connectivity index (χ1) is 12.0. The van der Waals surface area contributed by atoms with Crippen LogP contribution in [0.25, 0.3) is 10.9 Å². The Morgan fingerprint density at radius 2 is 2.00 bits per heavy atom. The number of fused-ring (bicyclic) bond motifs is 2. The summed E-state index contributed by atoms with van der Waals surface area (Å²) < 4.78 is 25.3. The number of anilines is 1. The summed E-state index contributed by atoms with van der Waals surface area (Å²) >= 11 is 0. The average molecular weight is 341 g/mol. The van der Waals surface area contributed by atoms with Gasteiger partial charge in [0.15, 0.2) is 17.2 Å². The van der Waals surface area contributed by atoms with Crippen molar-refractivity contribution < 1.29 is 18.7 Å². The molecule has 1 aliphatic rings. The van der Waals surface area contributed by atoms with Gasteiger partial charge in [-0.15, -0.1) is 0 Å². The normalized spacial score (nSPS) is 12.4. The predicted octanol–water partition coefficient (Wildman–Crippen LogP) is 2.05. The largest absolute Gasteiger partial charge is 0.454 e. The Labute approximate surface area is 140 Å². The van der Waals surface area contributed by atoms with Crippen molar-refractivity contribution in [3.8, 4) is 11.5 Å². The van der Waals surface area contributed by atoms with Crippen LogP contribution < -0.4 is 20.2 Å². The van der Waals surface area contributed by atoms with Crippen molar-refractivity contribution in [1.29, 1.82) is 0 Å². The van der Waals surface area contributed by atoms with E-state index in [1.165, 1.54) is 16.8 Å². The quantitative estimate of drug-likeness (QED) is 0.771. The molecule has 1 aliphatic heterocycles. The summed E-state index contributed by atoms with van der Waals surface area (Å²) in [5, 5.41) is 6.70. The molecular formula is C17H12FN3O4. The highest BCUT2D eigenvalue weighted by Crippen LogP contribution is 2.34. The number of aromatic nitrogens is 2. The van der Waals surface area contributed by atoms with E-state index in [1.807, 2.05) is 0 Å². The van der Waals surface area contributed by atoms with Gasteiger partial charge in [-0.25, -0.2) is 4.39 Å². The number of halogens is 1. The van der Waals surface area contributed by atoms with Gasteiger partial charge in [-0.05, 0) is 30.3 Å². The molecule has 0 aliphatic carbocycles. The molecule has 0 spiro atoms. The Kier molecular flexibility index (Phi) is 3.38. The Morgan fingerprint density at radius 1 is 1.20 bits per heavy atom. The number of ether oxygens (including phenoxy) is 2. The number of amides is 1. The van der Waals surface area contributed by atoms with E-state index < -0.39 is 17.2 Å². The number of carbonyl (C=O) groups excluding carboxylic acids is 1. The molecule has 0 bridgehead atoms. The minimum absolute atomic E-state index is 0.0911. The van der Waals surface area contributed by atoms with Gasteiger partial charge in [0.25, 0.3) is 5.91 Å². The summed E-state index contributed by atoms with van der Waals surface area (Å²) in [5.41, 5.74) is -0.0902. The van der Waals surface area contributed by atoms with Crippen LogP contribution in [0.4, 0.5) is 10.1 Å². The third kappa shape index (κ3) is 2.57. The Bertz CT molecular complexity index is 1080. The molecular weight excluding hydrogens is 329 g/mol. The van der Waals surface area contributed by atoms with Crippen molar-refractivity contribution in [2.75, 3.05) is 12.1 Å². The molecule has 126 valence electrons. The molecule has 25 heavy (non-hydrogen) atoms. The molecule has 7 nitrogen and oxygen atoms in total. The maximum Gasteiger partial charge on any atom is 0.280 e. The van der Waals surface area contributed by atoms with Gasteiger partial charge in [0.1, 0.15) is 5.82 Å². The summed E-state index contributed by atoms with van der Waals surface area (Å²) in [4.78, 5) is 25.0. The van der Waals surface area contributed by atoms with E-state index >= 15 is 0 Å². The Hall–Kier alpha value is -3.42. The highest BCUT2D eigenvalue weighted by atomic mass is 19.1. The number of carbonyl (C=O) groups is 1. The summed E-state index contributed by atoms with van der Waals surface area (Å²) in [7, 11) is 1.58. The number of hydrogen-bond acceptors (Lipinski definition) is 5. The molecule has 0 unspecified atom stereocenters. The fourth-order valence-electron chi connectivity index (χ4n) is 2.66. The standard InChI is InChI=1S/C17H12FN3O4/c1-21-12-4-2-9(18)6-11(12)16(22)15(20-21)17(23)19-10-3-5-13-14(7-10)25-8-24-13/h2-7H,8H2,1H3,(H,19,23). The van der Waals surface area contributed by atoms with E-state index in [4.69, 9.17) is 9.47 Å². The Morgan fingerprint density at radius 3 is 2.84 bits per heavy atom. The lowest BCUT2D eigenvalue weighted by atomic mass is 10.2. The number of aryl methyl sites for hydroxylation is 1. The van der Waals surface area contributed by atoms with Gasteiger partial charge in [0, 0.05) is 18.8 Å². The first-order valence-corrected chi connectivity index (χ1v) is 7.40. The Balaban J connectivity index is 1.73. The first kappa shape index (κ1) is 15.1. The minimum atomic E-state index is -0.689. The minimum Gasteiger partial charge on any atom is -0.454 e. The number of benzene rings is 2. The van der Waals surface area contributed by atoms with Crippen LogP contribution in [0.3, 0.4) is 0 Å². The van der Waals surface area contributed by atoms with Crippen LogP contribution in [-0.4, -0.2) is 22.5 Å². The highest BCUT2D eigenvalue weighted by molar-refractivity contribution is 6.04. The zero-order chi connectivity index (χ0) is 17.6. The van der Waals surface area contributed by atoms with E-state index in [9.17, 15) is 14.0 Å². The van der Waals surface area contributed by atoms with E-state index in [0.717, 1.165) is 6.07 Å². The first-order valence-electron chi connectivity index (χ1n) is 7.40. The van der Waals surface area contributed by atoms with Crippen molar-refractivity contribution in [3.63, 3.8) is 0 Å². The molecule has 0 atom stereocenters. The maximum atomic E-state index is 13.5. The smallest absolute Gasteiger partial charge is 0.280 e. The molecule has 0 saturated heterocycles. The number of rotatable bonds is 2. The van der Waals surface area contributed by atoms with E-state index in [2.05, 4.69) is 10.4 Å². The van der Waals surface area contributed by atoms with E-state index in [1.54, 1.807) is 25.2 Å². The zero-order valence-corrected chi connectivity index (χ0v) is 13.1. The van der Waals surface area contributed by atoms with Gasteiger partial charge < -0.3 is 14.8 Å². The second-order valence-electron chi connectivity index (χ2n) is 5.48. The molecule has 1 aromatic heterocycles. The van der Waals surface area contributed by atoms with Crippen LogP contribution in [0.15, 0.2) is 41.2 Å². The summed E-state index contributed by atoms with van der Waals surface area (Å²) in [6.45, 7) is 0.116. The second kappa shape index (κ2) is 5.59. The third-order valence-corrected chi connectivity index (χ3v) is 3.86. The molecule has 1 amide bonds. The van der Waals surface area contributed by atoms with Crippen LogP contribution in [0.5, 0.6) is 11.5 Å². The molecule has 4 rings (SSSR count). The lowest BCUT2D eigenvalue weighted by Gasteiger charge is -2.09. The van der Waals surface area contributed by atoms with Crippen LogP contribution in [0.1, 0.15) is 10.5 Å². The molecule has 2 heterocycles. The summed E-state index contributed by atoms with van der Waals surface area (Å²) in [6.07, 6.45) is 0. The predicted molar refractivity (Wildman–Crippen MR) is 87.5 cm³/mol. The van der Waals surface area contributed by atoms with E-state index in [-0.39, 0.29) is 17.9 Å². The van der Waals surface area contributed by atoms with Crippen LogP contribution in [0.2, 0.25) is 0 Å². The maximum absolute atomic E-state index is 13.5. The van der Waals surface area contributed by atoms with Gasteiger partial charge in [0.05, 0.1) is 10.9 Å². The lowest BCUT2D eigenvalue weighted by molar-refractivity contribution is 0.101. The molecule has 1 N–H and O–H groups in total. The highest BCUT2D eigenvalue weighted by Gasteiger charge is 2.19. The molecule has 8 heteroatoms. The average Bonchev–Trinajstić information content (AvgIpc) is 3.05. The molecule has 2 aromatic carbocycles. The number of nitrogens with one attached hydrogen (secondary N) is 1. The van der Waals surface area contributed by atoms with Gasteiger partial charge in [0.2, 0.25) is 12.2 Å².